The maximum Gasteiger partial charge on any atom is 0.0352 e. The first kappa shape index (κ1) is 23.3. The summed E-state index contributed by atoms with van der Waals surface area (Å²) in [6.07, 6.45) is 13.0. The van der Waals surface area contributed by atoms with Gasteiger partial charge in [-0.15, -0.1) is 0 Å². The van der Waals surface area contributed by atoms with Crippen molar-refractivity contribution in [3.63, 3.8) is 0 Å². The molecule has 3 aromatic rings. The van der Waals surface area contributed by atoms with Crippen LogP contribution in [-0.2, 0) is 12.8 Å². The van der Waals surface area contributed by atoms with Crippen molar-refractivity contribution in [3.05, 3.63) is 93.0 Å². The number of hydrogen-bond acceptors (Lipinski definition) is 0. The van der Waals surface area contributed by atoms with Crippen molar-refractivity contribution in [3.8, 4) is 11.1 Å². The molecule has 0 radical (unpaired) electrons. The molecule has 3 aromatic carbocycles. The van der Waals surface area contributed by atoms with Crippen LogP contribution in [0.1, 0.15) is 98.9 Å². The molecule has 0 aliphatic heterocycles. The average Bonchev–Trinajstić information content (AvgIpc) is 3.13. The standard InChI is InChI=1S/C31H37Br/c1-3-5-7-9-13-23-19-24(14-10-8-6-4-2)21-25(20-23)31-29-16-12-11-15-27(29)28-18-17-26(32)22-30(28)31/h11-12,15-22,31H,3-10,13-14H2,1-2H3. The van der Waals surface area contributed by atoms with Crippen LogP contribution in [0, 0.1) is 0 Å². The lowest BCUT2D eigenvalue weighted by Gasteiger charge is -2.18. The summed E-state index contributed by atoms with van der Waals surface area (Å²) in [4.78, 5) is 0. The molecular weight excluding hydrogens is 452 g/mol. The van der Waals surface area contributed by atoms with E-state index in [1.54, 1.807) is 0 Å². The predicted molar refractivity (Wildman–Crippen MR) is 143 cm³/mol. The largest absolute Gasteiger partial charge is 0.0654 e. The molecule has 0 aromatic heterocycles. The molecule has 0 heterocycles. The lowest BCUT2D eigenvalue weighted by Crippen LogP contribution is -2.03. The van der Waals surface area contributed by atoms with Crippen molar-refractivity contribution in [2.45, 2.75) is 84.0 Å². The molecule has 0 fully saturated rings. The van der Waals surface area contributed by atoms with Gasteiger partial charge in [0.05, 0.1) is 0 Å². The highest BCUT2D eigenvalue weighted by Crippen LogP contribution is 2.49. The second-order valence-corrected chi connectivity index (χ2v) is 10.4. The van der Waals surface area contributed by atoms with E-state index in [2.05, 4.69) is 90.4 Å². The van der Waals surface area contributed by atoms with E-state index in [4.69, 9.17) is 0 Å². The van der Waals surface area contributed by atoms with Crippen molar-refractivity contribution in [2.24, 2.45) is 0 Å². The van der Waals surface area contributed by atoms with E-state index >= 15 is 0 Å². The van der Waals surface area contributed by atoms with Crippen molar-refractivity contribution >= 4 is 15.9 Å². The molecule has 168 valence electrons. The van der Waals surface area contributed by atoms with Gasteiger partial charge in [-0.25, -0.2) is 0 Å². The maximum absolute atomic E-state index is 3.74. The van der Waals surface area contributed by atoms with E-state index in [-0.39, 0.29) is 0 Å². The van der Waals surface area contributed by atoms with E-state index < -0.39 is 0 Å². The molecule has 0 spiro atoms. The highest BCUT2D eigenvalue weighted by Gasteiger charge is 2.30. The number of aryl methyl sites for hydroxylation is 2. The molecule has 0 saturated carbocycles. The predicted octanol–water partition coefficient (Wildman–Crippen LogP) is 9.86. The van der Waals surface area contributed by atoms with Gasteiger partial charge in [0.1, 0.15) is 0 Å². The SMILES string of the molecule is CCCCCCc1cc(CCCCCC)cc(C2c3ccccc3-c3ccc(Br)cc32)c1. The minimum atomic E-state index is 0.337. The van der Waals surface area contributed by atoms with Gasteiger partial charge in [-0.1, -0.05) is 117 Å². The summed E-state index contributed by atoms with van der Waals surface area (Å²) in [6, 6.07) is 23.4. The van der Waals surface area contributed by atoms with Crippen molar-refractivity contribution < 1.29 is 0 Å². The summed E-state index contributed by atoms with van der Waals surface area (Å²) in [5.74, 6) is 0.337. The molecular formula is C31H37Br. The highest BCUT2D eigenvalue weighted by molar-refractivity contribution is 9.10. The zero-order valence-corrected chi connectivity index (χ0v) is 21.4. The molecule has 0 saturated heterocycles. The van der Waals surface area contributed by atoms with Crippen LogP contribution < -0.4 is 0 Å². The van der Waals surface area contributed by atoms with Crippen LogP contribution in [0.4, 0.5) is 0 Å². The fourth-order valence-corrected chi connectivity index (χ4v) is 5.68. The quantitative estimate of drug-likeness (QED) is 0.184. The minimum absolute atomic E-state index is 0.337. The lowest BCUT2D eigenvalue weighted by molar-refractivity contribution is 0.660. The Morgan fingerprint density at radius 1 is 0.625 bits per heavy atom. The summed E-state index contributed by atoms with van der Waals surface area (Å²) in [5, 5.41) is 0. The van der Waals surface area contributed by atoms with Gasteiger partial charge in [-0.3, -0.25) is 0 Å². The second kappa shape index (κ2) is 11.3. The van der Waals surface area contributed by atoms with E-state index in [0.29, 0.717) is 5.92 Å². The molecule has 1 aliphatic carbocycles. The zero-order chi connectivity index (χ0) is 22.3. The molecule has 32 heavy (non-hydrogen) atoms. The summed E-state index contributed by atoms with van der Waals surface area (Å²) in [5.41, 5.74) is 10.2. The van der Waals surface area contributed by atoms with Gasteiger partial charge in [-0.2, -0.15) is 0 Å². The Labute approximate surface area is 203 Å². The van der Waals surface area contributed by atoms with Gasteiger partial charge in [0.15, 0.2) is 0 Å². The summed E-state index contributed by atoms with van der Waals surface area (Å²) in [6.45, 7) is 4.59. The van der Waals surface area contributed by atoms with Gasteiger partial charge >= 0.3 is 0 Å². The molecule has 1 unspecified atom stereocenters. The third-order valence-electron chi connectivity index (χ3n) is 6.93. The summed E-state index contributed by atoms with van der Waals surface area (Å²) in [7, 11) is 0. The van der Waals surface area contributed by atoms with Crippen LogP contribution in [0.3, 0.4) is 0 Å². The van der Waals surface area contributed by atoms with E-state index in [1.165, 1.54) is 108 Å². The van der Waals surface area contributed by atoms with Crippen LogP contribution >= 0.6 is 15.9 Å². The average molecular weight is 490 g/mol. The Kier molecular flexibility index (Phi) is 8.25. The first-order chi connectivity index (χ1) is 15.7. The van der Waals surface area contributed by atoms with Gasteiger partial charge in [0.2, 0.25) is 0 Å². The third kappa shape index (κ3) is 5.37. The molecule has 0 bridgehead atoms. The molecule has 1 atom stereocenters. The number of hydrogen-bond donors (Lipinski definition) is 0. The fourth-order valence-electron chi connectivity index (χ4n) is 5.30. The highest BCUT2D eigenvalue weighted by atomic mass is 79.9. The number of unbranched alkanes of at least 4 members (excludes halogenated alkanes) is 6. The van der Waals surface area contributed by atoms with Crippen LogP contribution in [-0.4, -0.2) is 0 Å². The number of halogens is 1. The second-order valence-electron chi connectivity index (χ2n) is 9.46. The fraction of sp³-hybridized carbons (Fsp3) is 0.419. The monoisotopic (exact) mass is 488 g/mol. The Hall–Kier alpha value is -1.86. The Morgan fingerprint density at radius 2 is 1.25 bits per heavy atom. The van der Waals surface area contributed by atoms with E-state index in [1.807, 2.05) is 0 Å². The van der Waals surface area contributed by atoms with Crippen molar-refractivity contribution in [2.75, 3.05) is 0 Å². The first-order valence-corrected chi connectivity index (χ1v) is 13.5. The zero-order valence-electron chi connectivity index (χ0n) is 19.8. The van der Waals surface area contributed by atoms with E-state index in [9.17, 15) is 0 Å². The Balaban J connectivity index is 1.70. The topological polar surface area (TPSA) is 0 Å². The molecule has 0 amide bonds. The molecule has 1 aliphatic rings. The maximum atomic E-state index is 3.74. The Morgan fingerprint density at radius 3 is 1.91 bits per heavy atom. The Bertz CT molecular complexity index is 1000. The lowest BCUT2D eigenvalue weighted by atomic mass is 9.86. The van der Waals surface area contributed by atoms with Gasteiger partial charge in [-0.05, 0) is 76.8 Å². The molecule has 4 rings (SSSR count). The van der Waals surface area contributed by atoms with Crippen molar-refractivity contribution in [1.29, 1.82) is 0 Å². The van der Waals surface area contributed by atoms with Crippen LogP contribution in [0.25, 0.3) is 11.1 Å². The minimum Gasteiger partial charge on any atom is -0.0654 e. The first-order valence-electron chi connectivity index (χ1n) is 12.7. The van der Waals surface area contributed by atoms with E-state index in [0.717, 1.165) is 0 Å². The summed E-state index contributed by atoms with van der Waals surface area (Å²) < 4.78 is 1.17. The van der Waals surface area contributed by atoms with Crippen LogP contribution in [0.2, 0.25) is 0 Å². The van der Waals surface area contributed by atoms with Crippen LogP contribution in [0.5, 0.6) is 0 Å². The third-order valence-corrected chi connectivity index (χ3v) is 7.43. The van der Waals surface area contributed by atoms with Gasteiger partial charge in [0.25, 0.3) is 0 Å². The molecule has 0 N–H and O–H groups in total. The number of fused-ring (bicyclic) bond motifs is 3. The van der Waals surface area contributed by atoms with Crippen molar-refractivity contribution in [1.82, 2.24) is 0 Å². The van der Waals surface area contributed by atoms with Gasteiger partial charge < -0.3 is 0 Å². The van der Waals surface area contributed by atoms with Crippen LogP contribution in [0.15, 0.2) is 65.1 Å². The summed E-state index contributed by atoms with van der Waals surface area (Å²) >= 11 is 3.74. The smallest absolute Gasteiger partial charge is 0.0352 e. The molecule has 0 nitrogen and oxygen atoms in total. The molecule has 1 heteroatoms. The number of rotatable bonds is 11. The van der Waals surface area contributed by atoms with Gasteiger partial charge in [0, 0.05) is 10.4 Å². The number of benzene rings is 3. The normalized spacial score (nSPS) is 14.4.